The molecule has 0 bridgehead atoms. The second kappa shape index (κ2) is 4.85. The standard InChI is InChI=1S/C14H15N3O2/c18-12-4-1-10(5-13(12)19)14-16-7-9(8-17-14)6-15-11-2-3-11/h1,4-5,7-8,11,15,18-19H,2-3,6H2. The lowest BCUT2D eigenvalue weighted by Gasteiger charge is -2.05. The molecule has 0 amide bonds. The number of aromatic nitrogens is 2. The fourth-order valence-electron chi connectivity index (χ4n) is 1.81. The van der Waals surface area contributed by atoms with Crippen LogP contribution in [0.2, 0.25) is 0 Å². The van der Waals surface area contributed by atoms with E-state index in [0.29, 0.717) is 17.4 Å². The third-order valence-corrected chi connectivity index (χ3v) is 3.11. The highest BCUT2D eigenvalue weighted by atomic mass is 16.3. The van der Waals surface area contributed by atoms with Crippen molar-refractivity contribution in [2.75, 3.05) is 0 Å². The van der Waals surface area contributed by atoms with E-state index in [4.69, 9.17) is 0 Å². The van der Waals surface area contributed by atoms with Crippen LogP contribution >= 0.6 is 0 Å². The molecule has 1 aliphatic rings. The SMILES string of the molecule is Oc1ccc(-c2ncc(CNC3CC3)cn2)cc1O. The van der Waals surface area contributed by atoms with E-state index in [1.807, 2.05) is 0 Å². The average Bonchev–Trinajstić information content (AvgIpc) is 3.24. The molecule has 0 spiro atoms. The van der Waals surface area contributed by atoms with Gasteiger partial charge < -0.3 is 15.5 Å². The Morgan fingerprint density at radius 1 is 1.11 bits per heavy atom. The van der Waals surface area contributed by atoms with E-state index in [0.717, 1.165) is 12.1 Å². The number of phenolic OH excluding ortho intramolecular Hbond substituents is 2. The van der Waals surface area contributed by atoms with Crippen molar-refractivity contribution in [1.82, 2.24) is 15.3 Å². The van der Waals surface area contributed by atoms with E-state index < -0.39 is 0 Å². The van der Waals surface area contributed by atoms with Gasteiger partial charge in [0, 0.05) is 36.1 Å². The van der Waals surface area contributed by atoms with E-state index >= 15 is 0 Å². The number of benzene rings is 1. The zero-order valence-corrected chi connectivity index (χ0v) is 10.4. The highest BCUT2D eigenvalue weighted by Crippen LogP contribution is 2.28. The fourth-order valence-corrected chi connectivity index (χ4v) is 1.81. The minimum atomic E-state index is -0.166. The third kappa shape index (κ3) is 2.82. The second-order valence-corrected chi connectivity index (χ2v) is 4.77. The lowest BCUT2D eigenvalue weighted by atomic mass is 10.2. The molecule has 5 nitrogen and oxygen atoms in total. The van der Waals surface area contributed by atoms with Gasteiger partial charge in [0.05, 0.1) is 0 Å². The minimum absolute atomic E-state index is 0.144. The Labute approximate surface area is 111 Å². The Kier molecular flexibility index (Phi) is 3.05. The van der Waals surface area contributed by atoms with Crippen LogP contribution in [0.1, 0.15) is 18.4 Å². The first-order valence-electron chi connectivity index (χ1n) is 6.29. The molecule has 19 heavy (non-hydrogen) atoms. The first-order chi connectivity index (χ1) is 9.22. The Bertz CT molecular complexity index is 580. The molecule has 1 fully saturated rings. The summed E-state index contributed by atoms with van der Waals surface area (Å²) in [5.74, 6) is 0.222. The maximum absolute atomic E-state index is 9.45. The number of hydrogen-bond donors (Lipinski definition) is 3. The van der Waals surface area contributed by atoms with Gasteiger partial charge in [-0.3, -0.25) is 0 Å². The van der Waals surface area contributed by atoms with Crippen molar-refractivity contribution in [3.63, 3.8) is 0 Å². The van der Waals surface area contributed by atoms with Crippen LogP contribution in [0.4, 0.5) is 0 Å². The summed E-state index contributed by atoms with van der Waals surface area (Å²) in [5.41, 5.74) is 1.72. The fraction of sp³-hybridized carbons (Fsp3) is 0.286. The predicted molar refractivity (Wildman–Crippen MR) is 70.7 cm³/mol. The quantitative estimate of drug-likeness (QED) is 0.728. The van der Waals surface area contributed by atoms with Crippen molar-refractivity contribution in [2.45, 2.75) is 25.4 Å². The van der Waals surface area contributed by atoms with Gasteiger partial charge in [0.25, 0.3) is 0 Å². The lowest BCUT2D eigenvalue weighted by molar-refractivity contribution is 0.404. The molecule has 5 heteroatoms. The summed E-state index contributed by atoms with van der Waals surface area (Å²) in [6.07, 6.45) is 6.07. The van der Waals surface area contributed by atoms with Gasteiger partial charge >= 0.3 is 0 Å². The van der Waals surface area contributed by atoms with Gasteiger partial charge in [0.1, 0.15) is 0 Å². The molecule has 1 heterocycles. The number of rotatable bonds is 4. The van der Waals surface area contributed by atoms with E-state index in [1.54, 1.807) is 18.5 Å². The van der Waals surface area contributed by atoms with Crippen molar-refractivity contribution < 1.29 is 10.2 Å². The Hall–Kier alpha value is -2.14. The van der Waals surface area contributed by atoms with Crippen LogP contribution in [0.25, 0.3) is 11.4 Å². The topological polar surface area (TPSA) is 78.3 Å². The first kappa shape index (κ1) is 11.9. The molecule has 98 valence electrons. The Balaban J connectivity index is 1.74. The van der Waals surface area contributed by atoms with Crippen LogP contribution in [0.5, 0.6) is 11.5 Å². The maximum Gasteiger partial charge on any atom is 0.159 e. The largest absolute Gasteiger partial charge is 0.504 e. The number of nitrogens with zero attached hydrogens (tertiary/aromatic N) is 2. The zero-order valence-electron chi connectivity index (χ0n) is 10.4. The van der Waals surface area contributed by atoms with Gasteiger partial charge in [-0.2, -0.15) is 0 Å². The predicted octanol–water partition coefficient (Wildman–Crippen LogP) is 1.81. The van der Waals surface area contributed by atoms with Crippen LogP contribution in [0.3, 0.4) is 0 Å². The van der Waals surface area contributed by atoms with Crippen LogP contribution in [-0.2, 0) is 6.54 Å². The molecule has 2 aromatic rings. The van der Waals surface area contributed by atoms with Gasteiger partial charge in [-0.05, 0) is 31.0 Å². The molecule has 3 N–H and O–H groups in total. The van der Waals surface area contributed by atoms with E-state index in [2.05, 4.69) is 15.3 Å². The molecular formula is C14H15N3O2. The summed E-state index contributed by atoms with van der Waals surface area (Å²) in [4.78, 5) is 8.55. The van der Waals surface area contributed by atoms with Gasteiger partial charge in [0.2, 0.25) is 0 Å². The normalized spacial score (nSPS) is 14.5. The molecule has 3 rings (SSSR count). The number of hydrogen-bond acceptors (Lipinski definition) is 5. The molecule has 1 aliphatic carbocycles. The summed E-state index contributed by atoms with van der Waals surface area (Å²) in [7, 11) is 0. The Morgan fingerprint density at radius 3 is 2.47 bits per heavy atom. The zero-order chi connectivity index (χ0) is 13.2. The summed E-state index contributed by atoms with van der Waals surface area (Å²) < 4.78 is 0. The third-order valence-electron chi connectivity index (χ3n) is 3.11. The molecule has 0 radical (unpaired) electrons. The second-order valence-electron chi connectivity index (χ2n) is 4.77. The van der Waals surface area contributed by atoms with Crippen LogP contribution in [0, 0.1) is 0 Å². The summed E-state index contributed by atoms with van der Waals surface area (Å²) in [6.45, 7) is 0.784. The molecule has 0 aliphatic heterocycles. The minimum Gasteiger partial charge on any atom is -0.504 e. The summed E-state index contributed by atoms with van der Waals surface area (Å²) >= 11 is 0. The maximum atomic E-state index is 9.45. The first-order valence-corrected chi connectivity index (χ1v) is 6.29. The van der Waals surface area contributed by atoms with E-state index in [1.165, 1.54) is 25.0 Å². The van der Waals surface area contributed by atoms with Gasteiger partial charge in [0.15, 0.2) is 17.3 Å². The van der Waals surface area contributed by atoms with Crippen LogP contribution < -0.4 is 5.32 Å². The van der Waals surface area contributed by atoms with Crippen molar-refractivity contribution >= 4 is 0 Å². The van der Waals surface area contributed by atoms with Crippen molar-refractivity contribution in [3.8, 4) is 22.9 Å². The molecular weight excluding hydrogens is 242 g/mol. The smallest absolute Gasteiger partial charge is 0.159 e. The number of nitrogens with one attached hydrogen (secondary N) is 1. The van der Waals surface area contributed by atoms with Crippen molar-refractivity contribution in [3.05, 3.63) is 36.2 Å². The number of aromatic hydroxyl groups is 2. The molecule has 0 unspecified atom stereocenters. The summed E-state index contributed by atoms with van der Waals surface area (Å²) in [6, 6.07) is 5.21. The van der Waals surface area contributed by atoms with Gasteiger partial charge in [-0.15, -0.1) is 0 Å². The molecule has 0 saturated heterocycles. The molecule has 1 saturated carbocycles. The lowest BCUT2D eigenvalue weighted by Crippen LogP contribution is -2.15. The Morgan fingerprint density at radius 2 is 1.84 bits per heavy atom. The molecule has 1 aromatic carbocycles. The van der Waals surface area contributed by atoms with Crippen molar-refractivity contribution in [2.24, 2.45) is 0 Å². The summed E-state index contributed by atoms with van der Waals surface area (Å²) in [5, 5.41) is 22.1. The molecule has 0 atom stereocenters. The monoisotopic (exact) mass is 257 g/mol. The molecule has 1 aromatic heterocycles. The van der Waals surface area contributed by atoms with Gasteiger partial charge in [-0.1, -0.05) is 0 Å². The number of phenols is 2. The highest BCUT2D eigenvalue weighted by Gasteiger charge is 2.19. The average molecular weight is 257 g/mol. The van der Waals surface area contributed by atoms with E-state index in [-0.39, 0.29) is 11.5 Å². The van der Waals surface area contributed by atoms with Gasteiger partial charge in [-0.25, -0.2) is 9.97 Å². The van der Waals surface area contributed by atoms with E-state index in [9.17, 15) is 10.2 Å². The highest BCUT2D eigenvalue weighted by molar-refractivity contribution is 5.60. The van der Waals surface area contributed by atoms with Crippen LogP contribution in [0.15, 0.2) is 30.6 Å². The van der Waals surface area contributed by atoms with Crippen molar-refractivity contribution in [1.29, 1.82) is 0 Å². The van der Waals surface area contributed by atoms with Crippen LogP contribution in [-0.4, -0.2) is 26.2 Å².